The highest BCUT2D eigenvalue weighted by Crippen LogP contribution is 2.24. The lowest BCUT2D eigenvalue weighted by atomic mass is 10.1. The lowest BCUT2D eigenvalue weighted by Crippen LogP contribution is -2.12. The van der Waals surface area contributed by atoms with Crippen molar-refractivity contribution in [3.8, 4) is 0 Å². The first-order valence-corrected chi connectivity index (χ1v) is 10.4. The molecule has 0 saturated carbocycles. The molecule has 0 radical (unpaired) electrons. The van der Waals surface area contributed by atoms with E-state index < -0.39 is 10.0 Å². The smallest absolute Gasteiger partial charge is 0.291 e. The van der Waals surface area contributed by atoms with Gasteiger partial charge in [0.1, 0.15) is 0 Å². The first-order valence-electron chi connectivity index (χ1n) is 7.33. The van der Waals surface area contributed by atoms with Gasteiger partial charge >= 0.3 is 0 Å². The summed E-state index contributed by atoms with van der Waals surface area (Å²) in [5.41, 5.74) is 1.87. The Hall–Kier alpha value is -2.30. The fraction of sp³-hybridized carbons (Fsp3) is 0.0625. The molecule has 2 aromatic carbocycles. The number of hydrogen-bond acceptors (Lipinski definition) is 6. The molecule has 3 aromatic rings. The van der Waals surface area contributed by atoms with Crippen LogP contribution in [0, 0.1) is 6.92 Å². The van der Waals surface area contributed by atoms with Crippen molar-refractivity contribution in [3.63, 3.8) is 0 Å². The van der Waals surface area contributed by atoms with E-state index >= 15 is 0 Å². The summed E-state index contributed by atoms with van der Waals surface area (Å²) in [5.74, 6) is -0.384. The third-order valence-electron chi connectivity index (χ3n) is 3.25. The SMILES string of the molecule is Cc1ccc(C(=O)Nc2nnc(S(=O)(=O)Nc3cccc(Br)c3)s2)cc1. The molecular formula is C16H13BrN4O3S2. The van der Waals surface area contributed by atoms with Crippen LogP contribution in [0.3, 0.4) is 0 Å². The Kier molecular flexibility index (Phi) is 5.35. The lowest BCUT2D eigenvalue weighted by molar-refractivity contribution is 0.102. The lowest BCUT2D eigenvalue weighted by Gasteiger charge is -2.05. The first kappa shape index (κ1) is 18.5. The molecule has 0 spiro atoms. The van der Waals surface area contributed by atoms with Crippen molar-refractivity contribution in [2.45, 2.75) is 11.3 Å². The Morgan fingerprint density at radius 3 is 2.54 bits per heavy atom. The van der Waals surface area contributed by atoms with Crippen LogP contribution >= 0.6 is 27.3 Å². The monoisotopic (exact) mass is 452 g/mol. The Morgan fingerprint density at radius 1 is 1.12 bits per heavy atom. The van der Waals surface area contributed by atoms with Crippen molar-refractivity contribution in [3.05, 3.63) is 64.1 Å². The van der Waals surface area contributed by atoms with E-state index in [-0.39, 0.29) is 15.4 Å². The van der Waals surface area contributed by atoms with Gasteiger partial charge in [-0.25, -0.2) is 0 Å². The Bertz CT molecular complexity index is 1050. The molecule has 134 valence electrons. The average Bonchev–Trinajstić information content (AvgIpc) is 3.04. The van der Waals surface area contributed by atoms with E-state index in [0.29, 0.717) is 11.3 Å². The quantitative estimate of drug-likeness (QED) is 0.575. The molecule has 1 heterocycles. The number of benzene rings is 2. The first-order chi connectivity index (χ1) is 12.3. The highest BCUT2D eigenvalue weighted by Gasteiger charge is 2.21. The highest BCUT2D eigenvalue weighted by molar-refractivity contribution is 9.10. The summed E-state index contributed by atoms with van der Waals surface area (Å²) in [6, 6.07) is 13.7. The van der Waals surface area contributed by atoms with Gasteiger partial charge < -0.3 is 0 Å². The van der Waals surface area contributed by atoms with E-state index in [1.54, 1.807) is 36.4 Å². The normalized spacial score (nSPS) is 11.2. The number of amides is 1. The van der Waals surface area contributed by atoms with Crippen molar-refractivity contribution in [1.29, 1.82) is 0 Å². The fourth-order valence-corrected chi connectivity index (χ4v) is 4.34. The van der Waals surface area contributed by atoms with Crippen LogP contribution in [0.25, 0.3) is 0 Å². The maximum Gasteiger partial charge on any atom is 0.291 e. The molecule has 1 aromatic heterocycles. The molecule has 1 amide bonds. The number of halogens is 1. The molecule has 0 fully saturated rings. The average molecular weight is 453 g/mol. The standard InChI is InChI=1S/C16H13BrN4O3S2/c1-10-5-7-11(8-6-10)14(22)18-15-19-20-16(25-15)26(23,24)21-13-4-2-3-12(17)9-13/h2-9,21H,1H3,(H,18,19,22). The summed E-state index contributed by atoms with van der Waals surface area (Å²) in [6.07, 6.45) is 0. The summed E-state index contributed by atoms with van der Waals surface area (Å²) < 4.78 is 27.7. The third kappa shape index (κ3) is 4.45. The molecule has 0 aliphatic rings. The number of nitrogens with one attached hydrogen (secondary N) is 2. The molecule has 0 aliphatic heterocycles. The van der Waals surface area contributed by atoms with E-state index in [4.69, 9.17) is 0 Å². The zero-order chi connectivity index (χ0) is 18.7. The van der Waals surface area contributed by atoms with Crippen molar-refractivity contribution in [1.82, 2.24) is 10.2 Å². The number of carbonyl (C=O) groups excluding carboxylic acids is 1. The summed E-state index contributed by atoms with van der Waals surface area (Å²) in [4.78, 5) is 12.2. The molecule has 2 N–H and O–H groups in total. The van der Waals surface area contributed by atoms with Crippen LogP contribution in [0.1, 0.15) is 15.9 Å². The minimum absolute atomic E-state index is 0.102. The predicted octanol–water partition coefficient (Wildman–Crippen LogP) is 3.66. The molecular weight excluding hydrogens is 440 g/mol. The number of aryl methyl sites for hydroxylation is 1. The largest absolute Gasteiger partial charge is 0.296 e. The van der Waals surface area contributed by atoms with Crippen LogP contribution in [-0.2, 0) is 10.0 Å². The van der Waals surface area contributed by atoms with Gasteiger partial charge in [-0.15, -0.1) is 10.2 Å². The number of rotatable bonds is 5. The summed E-state index contributed by atoms with van der Waals surface area (Å²) in [5, 5.41) is 10.0. The van der Waals surface area contributed by atoms with E-state index in [1.165, 1.54) is 0 Å². The van der Waals surface area contributed by atoms with Crippen molar-refractivity contribution < 1.29 is 13.2 Å². The van der Waals surface area contributed by atoms with Gasteiger partial charge in [-0.2, -0.15) is 8.42 Å². The second-order valence-corrected chi connectivity index (χ2v) is 9.06. The second kappa shape index (κ2) is 7.52. The van der Waals surface area contributed by atoms with Crippen LogP contribution in [0.5, 0.6) is 0 Å². The molecule has 7 nitrogen and oxygen atoms in total. The highest BCUT2D eigenvalue weighted by atomic mass is 79.9. The van der Waals surface area contributed by atoms with Gasteiger partial charge in [-0.05, 0) is 37.3 Å². The van der Waals surface area contributed by atoms with Gasteiger partial charge in [0.2, 0.25) is 5.13 Å². The van der Waals surface area contributed by atoms with Gasteiger partial charge in [-0.3, -0.25) is 14.8 Å². The third-order valence-corrected chi connectivity index (χ3v) is 6.33. The van der Waals surface area contributed by atoms with E-state index in [2.05, 4.69) is 36.2 Å². The van der Waals surface area contributed by atoms with Crippen LogP contribution < -0.4 is 10.0 Å². The zero-order valence-corrected chi connectivity index (χ0v) is 16.7. The Morgan fingerprint density at radius 2 is 1.85 bits per heavy atom. The molecule has 3 rings (SSSR count). The fourth-order valence-electron chi connectivity index (χ4n) is 1.99. The van der Waals surface area contributed by atoms with Crippen LogP contribution in [0.2, 0.25) is 0 Å². The maximum absolute atomic E-state index is 12.4. The second-order valence-electron chi connectivity index (χ2n) is 5.31. The van der Waals surface area contributed by atoms with Crippen LogP contribution in [0.15, 0.2) is 57.3 Å². The molecule has 0 bridgehead atoms. The van der Waals surface area contributed by atoms with Gasteiger partial charge in [0.25, 0.3) is 20.3 Å². The number of carbonyl (C=O) groups is 1. The minimum atomic E-state index is -3.89. The van der Waals surface area contributed by atoms with E-state index in [1.807, 2.05) is 19.1 Å². The Balaban J connectivity index is 1.74. The van der Waals surface area contributed by atoms with Crippen molar-refractivity contribution in [2.24, 2.45) is 0 Å². The predicted molar refractivity (Wildman–Crippen MR) is 104 cm³/mol. The molecule has 0 unspecified atom stereocenters. The summed E-state index contributed by atoms with van der Waals surface area (Å²) in [6.45, 7) is 1.92. The van der Waals surface area contributed by atoms with Gasteiger partial charge in [0, 0.05) is 10.0 Å². The maximum atomic E-state index is 12.4. The molecule has 26 heavy (non-hydrogen) atoms. The van der Waals surface area contributed by atoms with Crippen molar-refractivity contribution >= 4 is 54.0 Å². The van der Waals surface area contributed by atoms with Gasteiger partial charge in [0.15, 0.2) is 0 Å². The molecule has 0 saturated heterocycles. The molecule has 0 atom stereocenters. The van der Waals surface area contributed by atoms with Gasteiger partial charge in [-0.1, -0.05) is 51.0 Å². The number of nitrogens with zero attached hydrogens (tertiary/aromatic N) is 2. The van der Waals surface area contributed by atoms with Crippen LogP contribution in [-0.4, -0.2) is 24.5 Å². The van der Waals surface area contributed by atoms with E-state index in [0.717, 1.165) is 21.4 Å². The van der Waals surface area contributed by atoms with Crippen molar-refractivity contribution in [2.75, 3.05) is 10.0 Å². The number of aromatic nitrogens is 2. The topological polar surface area (TPSA) is 101 Å². The zero-order valence-electron chi connectivity index (χ0n) is 13.4. The molecule has 0 aliphatic carbocycles. The Labute approximate surface area is 162 Å². The van der Waals surface area contributed by atoms with Gasteiger partial charge in [0.05, 0.1) is 5.69 Å². The molecule has 10 heteroatoms. The summed E-state index contributed by atoms with van der Waals surface area (Å²) in [7, 11) is -3.89. The number of sulfonamides is 1. The summed E-state index contributed by atoms with van der Waals surface area (Å²) >= 11 is 4.05. The van der Waals surface area contributed by atoms with E-state index in [9.17, 15) is 13.2 Å². The number of anilines is 2. The number of hydrogen-bond donors (Lipinski definition) is 2. The van der Waals surface area contributed by atoms with Crippen LogP contribution in [0.4, 0.5) is 10.8 Å². The minimum Gasteiger partial charge on any atom is -0.296 e.